The lowest BCUT2D eigenvalue weighted by Gasteiger charge is -2.34. The van der Waals surface area contributed by atoms with Crippen LogP contribution in [0.2, 0.25) is 0 Å². The van der Waals surface area contributed by atoms with E-state index in [1.807, 2.05) is 6.07 Å². The van der Waals surface area contributed by atoms with E-state index >= 15 is 0 Å². The Hall–Kier alpha value is -1.23. The molecule has 4 nitrogen and oxygen atoms in total. The monoisotopic (exact) mass is 267 g/mol. The fourth-order valence-corrected chi connectivity index (χ4v) is 3.32. The average Bonchev–Trinajstić information content (AvgIpc) is 2.63. The third-order valence-corrected chi connectivity index (χ3v) is 4.77. The van der Waals surface area contributed by atoms with Gasteiger partial charge in [0, 0.05) is 6.04 Å². The number of nitrogens with two attached hydrogens (primary N) is 2. The van der Waals surface area contributed by atoms with Gasteiger partial charge >= 0.3 is 0 Å². The minimum atomic E-state index is -0.449. The summed E-state index contributed by atoms with van der Waals surface area (Å²) >= 11 is 1.35. The van der Waals surface area contributed by atoms with Gasteiger partial charge in [0.2, 0.25) is 0 Å². The van der Waals surface area contributed by atoms with Crippen molar-refractivity contribution in [2.45, 2.75) is 45.6 Å². The highest BCUT2D eigenvalue weighted by Gasteiger charge is 2.27. The Bertz CT molecular complexity index is 443. The van der Waals surface area contributed by atoms with Crippen molar-refractivity contribution in [3.05, 3.63) is 10.9 Å². The van der Waals surface area contributed by atoms with E-state index in [1.165, 1.54) is 24.2 Å². The smallest absolute Gasteiger partial charge is 0.260 e. The highest BCUT2D eigenvalue weighted by Crippen LogP contribution is 2.37. The Labute approximate surface area is 112 Å². The van der Waals surface area contributed by atoms with Crippen LogP contribution >= 0.6 is 11.3 Å². The summed E-state index contributed by atoms with van der Waals surface area (Å²) in [5, 5.41) is 4.42. The van der Waals surface area contributed by atoms with E-state index in [9.17, 15) is 4.79 Å². The molecule has 2 rings (SSSR count). The first-order chi connectivity index (χ1) is 8.37. The summed E-state index contributed by atoms with van der Waals surface area (Å²) in [6.45, 7) is 4.63. The lowest BCUT2D eigenvalue weighted by atomic mass is 9.76. The fourth-order valence-electron chi connectivity index (χ4n) is 2.41. The molecule has 1 aliphatic rings. The number of nitrogen functional groups attached to an aromatic ring is 1. The van der Waals surface area contributed by atoms with Gasteiger partial charge in [-0.25, -0.2) is 0 Å². The molecular weight excluding hydrogens is 246 g/mol. The summed E-state index contributed by atoms with van der Waals surface area (Å²) in [7, 11) is 0. The Morgan fingerprint density at radius 2 is 2.06 bits per heavy atom. The summed E-state index contributed by atoms with van der Waals surface area (Å²) in [6.07, 6.45) is 4.79. The van der Waals surface area contributed by atoms with Gasteiger partial charge in [-0.05, 0) is 37.2 Å². The highest BCUT2D eigenvalue weighted by atomic mass is 32.1. The average molecular weight is 267 g/mol. The number of hydrogen-bond acceptors (Lipinski definition) is 4. The number of carbonyl (C=O) groups is 1. The third-order valence-electron chi connectivity index (χ3n) is 3.67. The molecule has 1 aromatic heterocycles. The highest BCUT2D eigenvalue weighted by molar-refractivity contribution is 7.18. The molecule has 1 amide bonds. The molecule has 0 bridgehead atoms. The van der Waals surface area contributed by atoms with Gasteiger partial charge < -0.3 is 16.8 Å². The Morgan fingerprint density at radius 1 is 1.44 bits per heavy atom. The minimum absolute atomic E-state index is 0.449. The van der Waals surface area contributed by atoms with Gasteiger partial charge in [-0.2, -0.15) is 0 Å². The molecule has 1 fully saturated rings. The molecule has 100 valence electrons. The number of primary amides is 1. The van der Waals surface area contributed by atoms with Crippen LogP contribution in [0.4, 0.5) is 10.7 Å². The second-order valence-corrected chi connectivity index (χ2v) is 6.89. The van der Waals surface area contributed by atoms with Gasteiger partial charge in [0.1, 0.15) is 4.88 Å². The zero-order chi connectivity index (χ0) is 13.3. The molecule has 18 heavy (non-hydrogen) atoms. The van der Waals surface area contributed by atoms with E-state index in [2.05, 4.69) is 19.2 Å². The topological polar surface area (TPSA) is 81.1 Å². The summed E-state index contributed by atoms with van der Waals surface area (Å²) in [4.78, 5) is 11.6. The summed E-state index contributed by atoms with van der Waals surface area (Å²) in [5.74, 6) is -0.449. The predicted molar refractivity (Wildman–Crippen MR) is 76.9 cm³/mol. The summed E-state index contributed by atoms with van der Waals surface area (Å²) < 4.78 is 0. The van der Waals surface area contributed by atoms with Crippen molar-refractivity contribution in [1.29, 1.82) is 0 Å². The quantitative estimate of drug-likeness (QED) is 0.787. The van der Waals surface area contributed by atoms with E-state index in [1.54, 1.807) is 0 Å². The zero-order valence-corrected chi connectivity index (χ0v) is 11.8. The van der Waals surface area contributed by atoms with Crippen LogP contribution in [-0.4, -0.2) is 11.9 Å². The van der Waals surface area contributed by atoms with Crippen molar-refractivity contribution in [3.63, 3.8) is 0 Å². The zero-order valence-electron chi connectivity index (χ0n) is 11.0. The van der Waals surface area contributed by atoms with Crippen LogP contribution in [0.25, 0.3) is 0 Å². The minimum Gasteiger partial charge on any atom is -0.397 e. The summed E-state index contributed by atoms with van der Waals surface area (Å²) in [5.41, 5.74) is 12.0. The fraction of sp³-hybridized carbons (Fsp3) is 0.615. The van der Waals surface area contributed by atoms with Crippen LogP contribution < -0.4 is 16.8 Å². The number of hydrogen-bond donors (Lipinski definition) is 3. The molecule has 0 spiro atoms. The maximum Gasteiger partial charge on any atom is 0.260 e. The first-order valence-electron chi connectivity index (χ1n) is 6.33. The van der Waals surface area contributed by atoms with Crippen LogP contribution in [0.15, 0.2) is 6.07 Å². The van der Waals surface area contributed by atoms with E-state index in [0.29, 0.717) is 22.0 Å². The Morgan fingerprint density at radius 3 is 2.56 bits per heavy atom. The van der Waals surface area contributed by atoms with E-state index in [0.717, 1.165) is 17.8 Å². The number of anilines is 2. The molecule has 5 N–H and O–H groups in total. The van der Waals surface area contributed by atoms with Gasteiger partial charge in [-0.3, -0.25) is 4.79 Å². The van der Waals surface area contributed by atoms with Crippen LogP contribution in [0.1, 0.15) is 49.2 Å². The molecule has 0 radical (unpaired) electrons. The molecule has 0 aliphatic heterocycles. The second-order valence-electron chi connectivity index (χ2n) is 5.84. The maximum absolute atomic E-state index is 11.1. The normalized spacial score (nSPS) is 19.7. The van der Waals surface area contributed by atoms with Crippen molar-refractivity contribution in [2.75, 3.05) is 11.1 Å². The molecule has 0 saturated heterocycles. The van der Waals surface area contributed by atoms with Gasteiger partial charge in [0.05, 0.1) is 10.7 Å². The molecule has 1 aliphatic carbocycles. The molecular formula is C13H21N3OS. The van der Waals surface area contributed by atoms with Crippen LogP contribution in [0, 0.1) is 5.41 Å². The molecule has 0 aromatic carbocycles. The first-order valence-corrected chi connectivity index (χ1v) is 7.15. The summed E-state index contributed by atoms with van der Waals surface area (Å²) in [6, 6.07) is 2.29. The van der Waals surface area contributed by atoms with Crippen molar-refractivity contribution in [3.8, 4) is 0 Å². The van der Waals surface area contributed by atoms with Crippen molar-refractivity contribution in [2.24, 2.45) is 11.1 Å². The molecule has 1 saturated carbocycles. The number of nitrogens with one attached hydrogen (secondary N) is 1. The van der Waals surface area contributed by atoms with Gasteiger partial charge in [-0.15, -0.1) is 11.3 Å². The number of amides is 1. The Kier molecular flexibility index (Phi) is 3.52. The first kappa shape index (κ1) is 13.2. The number of rotatable bonds is 3. The second kappa shape index (κ2) is 4.80. The maximum atomic E-state index is 11.1. The van der Waals surface area contributed by atoms with Gasteiger partial charge in [0.25, 0.3) is 5.91 Å². The number of thiophene rings is 1. The number of carbonyl (C=O) groups excluding carboxylic acids is 1. The van der Waals surface area contributed by atoms with E-state index in [4.69, 9.17) is 11.5 Å². The van der Waals surface area contributed by atoms with Crippen LogP contribution in [-0.2, 0) is 0 Å². The van der Waals surface area contributed by atoms with Crippen molar-refractivity contribution < 1.29 is 4.79 Å². The van der Waals surface area contributed by atoms with Crippen LogP contribution in [0.3, 0.4) is 0 Å². The molecule has 1 aromatic rings. The lowest BCUT2D eigenvalue weighted by Crippen LogP contribution is -2.29. The van der Waals surface area contributed by atoms with Crippen molar-refractivity contribution >= 4 is 27.9 Å². The largest absolute Gasteiger partial charge is 0.397 e. The third kappa shape index (κ3) is 2.96. The Balaban J connectivity index is 1.98. The lowest BCUT2D eigenvalue weighted by molar-refractivity contribution is 0.100. The van der Waals surface area contributed by atoms with E-state index in [-0.39, 0.29) is 0 Å². The predicted octanol–water partition coefficient (Wildman–Crippen LogP) is 2.81. The van der Waals surface area contributed by atoms with Crippen LogP contribution in [0.5, 0.6) is 0 Å². The van der Waals surface area contributed by atoms with Crippen molar-refractivity contribution in [1.82, 2.24) is 0 Å². The molecule has 1 heterocycles. The van der Waals surface area contributed by atoms with Gasteiger partial charge in [0.15, 0.2) is 0 Å². The molecule has 0 atom stereocenters. The molecule has 0 unspecified atom stereocenters. The standard InChI is InChI=1S/C13H21N3OS/c1-13(2)5-3-8(4-6-13)16-10-7-9(14)11(18-10)12(15)17/h7-8,16H,3-6,14H2,1-2H3,(H2,15,17). The SMILES string of the molecule is CC1(C)CCC(Nc2cc(N)c(C(N)=O)s2)CC1. The van der Waals surface area contributed by atoms with E-state index < -0.39 is 5.91 Å². The van der Waals surface area contributed by atoms with Gasteiger partial charge in [-0.1, -0.05) is 13.8 Å². The molecule has 5 heteroatoms.